The number of thiol groups is 1. The molecule has 0 atom stereocenters. The number of rotatable bonds is 4. The summed E-state index contributed by atoms with van der Waals surface area (Å²) in [6.45, 7) is 5.32. The van der Waals surface area contributed by atoms with Crippen LogP contribution in [0.1, 0.15) is 31.4 Å². The fourth-order valence-corrected chi connectivity index (χ4v) is 2.39. The van der Waals surface area contributed by atoms with Crippen LogP contribution in [0, 0.1) is 0 Å². The van der Waals surface area contributed by atoms with E-state index in [1.165, 1.54) is 11.1 Å². The minimum absolute atomic E-state index is 0.0687. The smallest absolute Gasteiger partial charge is 0.224 e. The number of fused-ring (bicyclic) bond motifs is 1. The zero-order chi connectivity index (χ0) is 13.2. The van der Waals surface area contributed by atoms with Crippen molar-refractivity contribution in [3.8, 4) is 0 Å². The van der Waals surface area contributed by atoms with Crippen molar-refractivity contribution in [1.29, 1.82) is 0 Å². The van der Waals surface area contributed by atoms with Crippen LogP contribution in [0.25, 0.3) is 0 Å². The molecule has 2 rings (SSSR count). The first kappa shape index (κ1) is 13.4. The Hall–Kier alpha value is -1.00. The topological polar surface area (TPSA) is 41.1 Å². The third kappa shape index (κ3) is 2.87. The van der Waals surface area contributed by atoms with Gasteiger partial charge in [0.25, 0.3) is 0 Å². The van der Waals surface area contributed by atoms with Gasteiger partial charge in [-0.25, -0.2) is 0 Å². The Morgan fingerprint density at radius 3 is 2.89 bits per heavy atom. The van der Waals surface area contributed by atoms with Crippen LogP contribution < -0.4 is 10.6 Å². The molecule has 0 saturated carbocycles. The van der Waals surface area contributed by atoms with Gasteiger partial charge in [-0.1, -0.05) is 26.0 Å². The summed E-state index contributed by atoms with van der Waals surface area (Å²) >= 11 is 4.18. The van der Waals surface area contributed by atoms with Crippen molar-refractivity contribution >= 4 is 24.2 Å². The number of carbonyl (C=O) groups excluding carboxylic acids is 1. The highest BCUT2D eigenvalue weighted by Crippen LogP contribution is 2.29. The van der Waals surface area contributed by atoms with Crippen LogP contribution >= 0.6 is 12.6 Å². The zero-order valence-electron chi connectivity index (χ0n) is 10.9. The minimum Gasteiger partial charge on any atom is -0.326 e. The van der Waals surface area contributed by atoms with E-state index >= 15 is 0 Å². The van der Waals surface area contributed by atoms with Crippen LogP contribution in [0.3, 0.4) is 0 Å². The number of carbonyl (C=O) groups is 1. The molecule has 0 radical (unpaired) electrons. The molecule has 0 aliphatic carbocycles. The molecule has 0 spiro atoms. The van der Waals surface area contributed by atoms with Gasteiger partial charge < -0.3 is 10.6 Å². The molecule has 1 aliphatic rings. The van der Waals surface area contributed by atoms with Crippen LogP contribution in [0.5, 0.6) is 0 Å². The lowest BCUT2D eigenvalue weighted by molar-refractivity contribution is -0.116. The lowest BCUT2D eigenvalue weighted by Crippen LogP contribution is -2.32. The van der Waals surface area contributed by atoms with Gasteiger partial charge in [-0.15, -0.1) is 0 Å². The maximum atomic E-state index is 11.3. The lowest BCUT2D eigenvalue weighted by Gasteiger charge is -2.27. The molecule has 3 nitrogen and oxygen atoms in total. The highest BCUT2D eigenvalue weighted by molar-refractivity contribution is 7.80. The van der Waals surface area contributed by atoms with Gasteiger partial charge in [0, 0.05) is 29.9 Å². The monoisotopic (exact) mass is 264 g/mol. The standard InChI is InChI=1S/C14H20N2OS/c1-14(2,8-15-9-18)11-4-5-12-10(7-11)3-6-13(17)16-12/h4-5,7,15,18H,3,6,8-9H2,1-2H3,(H,16,17). The van der Waals surface area contributed by atoms with Crippen LogP contribution in [0.4, 0.5) is 5.69 Å². The molecule has 98 valence electrons. The molecule has 0 unspecified atom stereocenters. The molecule has 0 fully saturated rings. The van der Waals surface area contributed by atoms with E-state index in [-0.39, 0.29) is 11.3 Å². The Balaban J connectivity index is 2.23. The van der Waals surface area contributed by atoms with Crippen molar-refractivity contribution in [2.24, 2.45) is 0 Å². The van der Waals surface area contributed by atoms with Gasteiger partial charge in [-0.05, 0) is 23.6 Å². The number of anilines is 1. The average Bonchev–Trinajstić information content (AvgIpc) is 2.35. The van der Waals surface area contributed by atoms with Gasteiger partial charge in [0.2, 0.25) is 5.91 Å². The van der Waals surface area contributed by atoms with E-state index < -0.39 is 0 Å². The maximum absolute atomic E-state index is 11.3. The van der Waals surface area contributed by atoms with E-state index in [1.807, 2.05) is 6.07 Å². The molecule has 4 heteroatoms. The number of hydrogen-bond donors (Lipinski definition) is 3. The van der Waals surface area contributed by atoms with Crippen LogP contribution in [-0.2, 0) is 16.6 Å². The molecule has 1 amide bonds. The second-order valence-corrected chi connectivity index (χ2v) is 5.71. The molecular weight excluding hydrogens is 244 g/mol. The molecule has 1 heterocycles. The molecule has 1 aromatic rings. The van der Waals surface area contributed by atoms with Crippen LogP contribution in [-0.4, -0.2) is 18.3 Å². The summed E-state index contributed by atoms with van der Waals surface area (Å²) < 4.78 is 0. The van der Waals surface area contributed by atoms with Gasteiger partial charge >= 0.3 is 0 Å². The molecule has 1 aliphatic heterocycles. The molecule has 0 saturated heterocycles. The maximum Gasteiger partial charge on any atom is 0.224 e. The molecule has 2 N–H and O–H groups in total. The molecule has 0 bridgehead atoms. The molecule has 18 heavy (non-hydrogen) atoms. The fourth-order valence-electron chi connectivity index (χ4n) is 2.27. The summed E-state index contributed by atoms with van der Waals surface area (Å²) in [7, 11) is 0. The van der Waals surface area contributed by atoms with Gasteiger partial charge in [-0.2, -0.15) is 12.6 Å². The molecular formula is C14H20N2OS. The second kappa shape index (κ2) is 5.33. The van der Waals surface area contributed by atoms with E-state index in [0.717, 1.165) is 18.7 Å². The highest BCUT2D eigenvalue weighted by atomic mass is 32.1. The Morgan fingerprint density at radius 2 is 2.17 bits per heavy atom. The van der Waals surface area contributed by atoms with Crippen molar-refractivity contribution in [3.05, 3.63) is 29.3 Å². The third-order valence-corrected chi connectivity index (χ3v) is 3.68. The SMILES string of the molecule is CC(C)(CNCS)c1ccc2c(c1)CCC(=O)N2. The van der Waals surface area contributed by atoms with Gasteiger partial charge in [0.15, 0.2) is 0 Å². The first-order chi connectivity index (χ1) is 8.53. The van der Waals surface area contributed by atoms with Crippen molar-refractivity contribution in [2.75, 3.05) is 17.7 Å². The second-order valence-electron chi connectivity index (χ2n) is 5.39. The number of benzene rings is 1. The first-order valence-corrected chi connectivity index (χ1v) is 6.91. The van der Waals surface area contributed by atoms with E-state index in [1.54, 1.807) is 0 Å². The van der Waals surface area contributed by atoms with Gasteiger partial charge in [-0.3, -0.25) is 4.79 Å². The highest BCUT2D eigenvalue weighted by Gasteiger charge is 2.22. The first-order valence-electron chi connectivity index (χ1n) is 6.28. The van der Waals surface area contributed by atoms with E-state index in [9.17, 15) is 4.79 Å². The number of hydrogen-bond acceptors (Lipinski definition) is 3. The fraction of sp³-hybridized carbons (Fsp3) is 0.500. The van der Waals surface area contributed by atoms with Crippen LogP contribution in [0.15, 0.2) is 18.2 Å². The van der Waals surface area contributed by atoms with E-state index in [0.29, 0.717) is 12.3 Å². The van der Waals surface area contributed by atoms with Crippen molar-refractivity contribution in [2.45, 2.75) is 32.1 Å². The van der Waals surface area contributed by atoms with Gasteiger partial charge in [0.05, 0.1) is 0 Å². The quantitative estimate of drug-likeness (QED) is 0.577. The van der Waals surface area contributed by atoms with Crippen molar-refractivity contribution in [3.63, 3.8) is 0 Å². The van der Waals surface area contributed by atoms with E-state index in [4.69, 9.17) is 0 Å². The predicted molar refractivity (Wildman–Crippen MR) is 78.3 cm³/mol. The van der Waals surface area contributed by atoms with Crippen molar-refractivity contribution in [1.82, 2.24) is 5.32 Å². The summed E-state index contributed by atoms with van der Waals surface area (Å²) in [5.41, 5.74) is 3.57. The minimum atomic E-state index is 0.0687. The largest absolute Gasteiger partial charge is 0.326 e. The lowest BCUT2D eigenvalue weighted by atomic mass is 9.83. The summed E-state index contributed by atoms with van der Waals surface area (Å²) in [5, 5.41) is 6.18. The zero-order valence-corrected chi connectivity index (χ0v) is 11.8. The molecule has 1 aromatic carbocycles. The predicted octanol–water partition coefficient (Wildman–Crippen LogP) is 2.33. The third-order valence-electron chi connectivity index (χ3n) is 3.46. The van der Waals surface area contributed by atoms with E-state index in [2.05, 4.69) is 49.2 Å². The number of aryl methyl sites for hydroxylation is 1. The average molecular weight is 264 g/mol. The summed E-state index contributed by atoms with van der Waals surface area (Å²) in [6, 6.07) is 6.34. The Labute approximate surface area is 114 Å². The number of amides is 1. The number of nitrogens with one attached hydrogen (secondary N) is 2. The normalized spacial score (nSPS) is 15.2. The summed E-state index contributed by atoms with van der Waals surface area (Å²) in [5.74, 6) is 0.802. The Morgan fingerprint density at radius 1 is 1.39 bits per heavy atom. The Kier molecular flexibility index (Phi) is 3.97. The van der Waals surface area contributed by atoms with Crippen LogP contribution in [0.2, 0.25) is 0 Å². The summed E-state index contributed by atoms with van der Waals surface area (Å²) in [6.07, 6.45) is 1.43. The Bertz CT molecular complexity index is 457. The molecule has 0 aromatic heterocycles. The van der Waals surface area contributed by atoms with Gasteiger partial charge in [0.1, 0.15) is 0 Å². The summed E-state index contributed by atoms with van der Waals surface area (Å²) in [4.78, 5) is 11.3. The van der Waals surface area contributed by atoms with Crippen molar-refractivity contribution < 1.29 is 4.79 Å².